The Bertz CT molecular complexity index is 461. The van der Waals surface area contributed by atoms with Crippen molar-refractivity contribution < 1.29 is 0 Å². The summed E-state index contributed by atoms with van der Waals surface area (Å²) in [5.74, 6) is 0. The highest BCUT2D eigenvalue weighted by molar-refractivity contribution is 5.80. The lowest BCUT2D eigenvalue weighted by atomic mass is 10.1. The molecule has 0 bridgehead atoms. The first-order valence-corrected chi connectivity index (χ1v) is 4.61. The second-order valence-electron chi connectivity index (χ2n) is 3.10. The maximum atomic E-state index is 5.38. The third-order valence-corrected chi connectivity index (χ3v) is 2.06. The molecule has 0 radical (unpaired) electrons. The molecule has 0 atom stereocenters. The molecule has 0 unspecified atom stereocenters. The maximum Gasteiger partial charge on any atom is 0.0702 e. The molecule has 1 aromatic carbocycles. The van der Waals surface area contributed by atoms with Gasteiger partial charge in [-0.25, -0.2) is 0 Å². The van der Waals surface area contributed by atoms with E-state index in [1.165, 1.54) is 0 Å². The Balaban J connectivity index is 2.46. The number of para-hydroxylation sites is 1. The number of rotatable bonds is 2. The van der Waals surface area contributed by atoms with Gasteiger partial charge in [-0.05, 0) is 17.7 Å². The monoisotopic (exact) mass is 184 g/mol. The van der Waals surface area contributed by atoms with E-state index in [-0.39, 0.29) is 0 Å². The minimum atomic E-state index is 0.562. The number of benzene rings is 1. The smallest absolute Gasteiger partial charge is 0.0702 e. The SMILES string of the molecule is NCC=Cc1cnc2ccccc2c1. The van der Waals surface area contributed by atoms with E-state index in [1.54, 1.807) is 0 Å². The summed E-state index contributed by atoms with van der Waals surface area (Å²) in [5.41, 5.74) is 7.50. The molecule has 0 amide bonds. The van der Waals surface area contributed by atoms with Crippen molar-refractivity contribution in [3.8, 4) is 0 Å². The minimum absolute atomic E-state index is 0.562. The van der Waals surface area contributed by atoms with Crippen LogP contribution in [0.2, 0.25) is 0 Å². The molecule has 0 fully saturated rings. The normalized spacial score (nSPS) is 11.2. The van der Waals surface area contributed by atoms with Crippen molar-refractivity contribution in [2.24, 2.45) is 5.73 Å². The average Bonchev–Trinajstić information content (AvgIpc) is 2.26. The summed E-state index contributed by atoms with van der Waals surface area (Å²) in [6, 6.07) is 10.2. The van der Waals surface area contributed by atoms with E-state index in [0.717, 1.165) is 16.5 Å². The van der Waals surface area contributed by atoms with Crippen LogP contribution in [-0.4, -0.2) is 11.5 Å². The lowest BCUT2D eigenvalue weighted by Crippen LogP contribution is -1.92. The topological polar surface area (TPSA) is 38.9 Å². The average molecular weight is 184 g/mol. The number of aromatic nitrogens is 1. The van der Waals surface area contributed by atoms with Gasteiger partial charge < -0.3 is 5.73 Å². The van der Waals surface area contributed by atoms with Gasteiger partial charge in [0.25, 0.3) is 0 Å². The lowest BCUT2D eigenvalue weighted by Gasteiger charge is -1.97. The van der Waals surface area contributed by atoms with Gasteiger partial charge in [-0.15, -0.1) is 0 Å². The number of hydrogen-bond donors (Lipinski definition) is 1. The number of fused-ring (bicyclic) bond motifs is 1. The van der Waals surface area contributed by atoms with Gasteiger partial charge in [-0.3, -0.25) is 4.98 Å². The molecule has 2 N–H and O–H groups in total. The molecule has 2 nitrogen and oxygen atoms in total. The lowest BCUT2D eigenvalue weighted by molar-refractivity contribution is 1.26. The molecule has 2 heteroatoms. The standard InChI is InChI=1S/C12H12N2/c13-7-3-4-10-8-11-5-1-2-6-12(11)14-9-10/h1-6,8-9H,7,13H2. The number of pyridine rings is 1. The summed E-state index contributed by atoms with van der Waals surface area (Å²) in [4.78, 5) is 4.34. The maximum absolute atomic E-state index is 5.38. The van der Waals surface area contributed by atoms with E-state index in [0.29, 0.717) is 6.54 Å². The Kier molecular flexibility index (Phi) is 2.56. The molecule has 2 aromatic rings. The molecule has 0 aliphatic rings. The predicted molar refractivity (Wildman–Crippen MR) is 59.8 cm³/mol. The number of nitrogens with zero attached hydrogens (tertiary/aromatic N) is 1. The third-order valence-electron chi connectivity index (χ3n) is 2.06. The van der Waals surface area contributed by atoms with Crippen molar-refractivity contribution in [2.45, 2.75) is 0 Å². The zero-order chi connectivity index (χ0) is 9.80. The van der Waals surface area contributed by atoms with Crippen LogP contribution in [0.25, 0.3) is 17.0 Å². The highest BCUT2D eigenvalue weighted by Gasteiger charge is 1.93. The highest BCUT2D eigenvalue weighted by atomic mass is 14.6. The van der Waals surface area contributed by atoms with E-state index in [9.17, 15) is 0 Å². The summed E-state index contributed by atoms with van der Waals surface area (Å²) in [6.07, 6.45) is 5.76. The molecule has 2 rings (SSSR count). The molecular weight excluding hydrogens is 172 g/mol. The Hall–Kier alpha value is -1.67. The van der Waals surface area contributed by atoms with Gasteiger partial charge in [0, 0.05) is 18.1 Å². The number of hydrogen-bond acceptors (Lipinski definition) is 2. The number of nitrogens with two attached hydrogens (primary N) is 1. The van der Waals surface area contributed by atoms with Gasteiger partial charge in [0.2, 0.25) is 0 Å². The van der Waals surface area contributed by atoms with Gasteiger partial charge in [0.15, 0.2) is 0 Å². The first kappa shape index (κ1) is 8.91. The molecule has 0 saturated heterocycles. The molecule has 1 aromatic heterocycles. The molecule has 0 spiro atoms. The van der Waals surface area contributed by atoms with Crippen molar-refractivity contribution in [1.82, 2.24) is 4.98 Å². The largest absolute Gasteiger partial charge is 0.327 e. The van der Waals surface area contributed by atoms with Crippen LogP contribution in [0.1, 0.15) is 5.56 Å². The molecule has 0 saturated carbocycles. The van der Waals surface area contributed by atoms with Gasteiger partial charge in [0.1, 0.15) is 0 Å². The quantitative estimate of drug-likeness (QED) is 0.777. The van der Waals surface area contributed by atoms with Crippen molar-refractivity contribution in [3.05, 3.63) is 48.2 Å². The van der Waals surface area contributed by atoms with Crippen molar-refractivity contribution in [3.63, 3.8) is 0 Å². The fourth-order valence-corrected chi connectivity index (χ4v) is 1.38. The molecule has 0 aliphatic heterocycles. The van der Waals surface area contributed by atoms with Crippen LogP contribution in [0.4, 0.5) is 0 Å². The van der Waals surface area contributed by atoms with Crippen LogP contribution < -0.4 is 5.73 Å². The molecular formula is C12H12N2. The Morgan fingerprint density at radius 1 is 1.29 bits per heavy atom. The first-order chi connectivity index (χ1) is 6.90. The second kappa shape index (κ2) is 4.03. The summed E-state index contributed by atoms with van der Waals surface area (Å²) >= 11 is 0. The fourth-order valence-electron chi connectivity index (χ4n) is 1.38. The van der Waals surface area contributed by atoms with Gasteiger partial charge in [-0.1, -0.05) is 30.4 Å². The Morgan fingerprint density at radius 3 is 3.00 bits per heavy atom. The van der Waals surface area contributed by atoms with Gasteiger partial charge in [-0.2, -0.15) is 0 Å². The highest BCUT2D eigenvalue weighted by Crippen LogP contribution is 2.13. The van der Waals surface area contributed by atoms with E-state index >= 15 is 0 Å². The summed E-state index contributed by atoms with van der Waals surface area (Å²) in [6.45, 7) is 0.562. The van der Waals surface area contributed by atoms with E-state index in [2.05, 4.69) is 17.1 Å². The van der Waals surface area contributed by atoms with Gasteiger partial charge >= 0.3 is 0 Å². The van der Waals surface area contributed by atoms with Crippen LogP contribution in [0.3, 0.4) is 0 Å². The minimum Gasteiger partial charge on any atom is -0.327 e. The van der Waals surface area contributed by atoms with Crippen LogP contribution in [-0.2, 0) is 0 Å². The Morgan fingerprint density at radius 2 is 2.14 bits per heavy atom. The fraction of sp³-hybridized carbons (Fsp3) is 0.0833. The summed E-state index contributed by atoms with van der Waals surface area (Å²) < 4.78 is 0. The first-order valence-electron chi connectivity index (χ1n) is 4.61. The summed E-state index contributed by atoms with van der Waals surface area (Å²) in [7, 11) is 0. The van der Waals surface area contributed by atoms with Gasteiger partial charge in [0.05, 0.1) is 5.52 Å². The van der Waals surface area contributed by atoms with Crippen LogP contribution in [0, 0.1) is 0 Å². The van der Waals surface area contributed by atoms with E-state index < -0.39 is 0 Å². The molecule has 1 heterocycles. The van der Waals surface area contributed by atoms with E-state index in [1.807, 2.05) is 36.5 Å². The zero-order valence-electron chi connectivity index (χ0n) is 7.85. The Labute approximate surface area is 83.1 Å². The van der Waals surface area contributed by atoms with Crippen LogP contribution in [0.5, 0.6) is 0 Å². The predicted octanol–water partition coefficient (Wildman–Crippen LogP) is 2.21. The molecule has 70 valence electrons. The zero-order valence-corrected chi connectivity index (χ0v) is 7.85. The van der Waals surface area contributed by atoms with Crippen LogP contribution in [0.15, 0.2) is 42.6 Å². The second-order valence-corrected chi connectivity index (χ2v) is 3.10. The van der Waals surface area contributed by atoms with E-state index in [4.69, 9.17) is 5.73 Å². The molecule has 14 heavy (non-hydrogen) atoms. The van der Waals surface area contributed by atoms with Crippen molar-refractivity contribution in [2.75, 3.05) is 6.54 Å². The molecule has 0 aliphatic carbocycles. The van der Waals surface area contributed by atoms with Crippen molar-refractivity contribution >= 4 is 17.0 Å². The third kappa shape index (κ3) is 1.80. The summed E-state index contributed by atoms with van der Waals surface area (Å²) in [5, 5.41) is 1.16. The van der Waals surface area contributed by atoms with Crippen molar-refractivity contribution in [1.29, 1.82) is 0 Å². The van der Waals surface area contributed by atoms with Crippen LogP contribution >= 0.6 is 0 Å².